The third kappa shape index (κ3) is 4.17. The van der Waals surface area contributed by atoms with Crippen LogP contribution in [-0.4, -0.2) is 7.11 Å². The molecule has 0 aromatic heterocycles. The first-order valence-corrected chi connectivity index (χ1v) is 11.1. The molecule has 0 saturated carbocycles. The van der Waals surface area contributed by atoms with Gasteiger partial charge in [-0.15, -0.1) is 0 Å². The molecule has 1 aliphatic rings. The van der Waals surface area contributed by atoms with E-state index in [4.69, 9.17) is 8.92 Å². The molecule has 0 N–H and O–H groups in total. The molecule has 152 valence electrons. The van der Waals surface area contributed by atoms with Crippen molar-refractivity contribution in [2.75, 3.05) is 7.11 Å². The second kappa shape index (κ2) is 9.27. The fourth-order valence-corrected chi connectivity index (χ4v) is 4.35. The maximum atomic E-state index is 5.70. The summed E-state index contributed by atoms with van der Waals surface area (Å²) in [5.74, 6) is 0.848. The van der Waals surface area contributed by atoms with Gasteiger partial charge < -0.3 is 8.92 Å². The molecule has 3 heteroatoms. The minimum absolute atomic E-state index is 0.848. The molecule has 0 spiro atoms. The van der Waals surface area contributed by atoms with E-state index in [0.29, 0.717) is 0 Å². The van der Waals surface area contributed by atoms with Gasteiger partial charge in [0.1, 0.15) is 12.0 Å². The molecule has 0 aliphatic carbocycles. The molecule has 0 saturated heterocycles. The Labute approximate surface area is 183 Å². The Kier molecular flexibility index (Phi) is 6.29. The highest BCUT2D eigenvalue weighted by atomic mass is 32.2. The fraction of sp³-hybridized carbons (Fsp3) is 0.185. The predicted octanol–water partition coefficient (Wildman–Crippen LogP) is 7.69. The third-order valence-corrected chi connectivity index (χ3v) is 6.19. The van der Waals surface area contributed by atoms with Crippen LogP contribution in [0.15, 0.2) is 79.1 Å². The van der Waals surface area contributed by atoms with Gasteiger partial charge in [0.05, 0.1) is 24.1 Å². The smallest absolute Gasteiger partial charge is 0.120 e. The van der Waals surface area contributed by atoms with Crippen LogP contribution in [0.3, 0.4) is 0 Å². The Balaban J connectivity index is 1.97. The second-order valence-corrected chi connectivity index (χ2v) is 8.04. The van der Waals surface area contributed by atoms with Crippen molar-refractivity contribution in [1.29, 1.82) is 0 Å². The number of hydrogen-bond acceptors (Lipinski definition) is 3. The lowest BCUT2D eigenvalue weighted by atomic mass is 9.90. The Morgan fingerprint density at radius 2 is 1.33 bits per heavy atom. The predicted molar refractivity (Wildman–Crippen MR) is 128 cm³/mol. The zero-order valence-corrected chi connectivity index (χ0v) is 18.5. The maximum Gasteiger partial charge on any atom is 0.120 e. The van der Waals surface area contributed by atoms with E-state index in [0.717, 1.165) is 34.6 Å². The van der Waals surface area contributed by atoms with Crippen molar-refractivity contribution in [2.45, 2.75) is 26.7 Å². The SMILES string of the molecule is CCc1ccc(-c2cc(OC)cc(-c3ccc(CC)cc3)c2C2=CC=COS2)cc1. The number of hydrogen-bond donors (Lipinski definition) is 0. The van der Waals surface area contributed by atoms with Gasteiger partial charge >= 0.3 is 0 Å². The van der Waals surface area contributed by atoms with Crippen molar-refractivity contribution in [1.82, 2.24) is 0 Å². The highest BCUT2D eigenvalue weighted by Crippen LogP contribution is 2.45. The first-order chi connectivity index (χ1) is 14.7. The minimum Gasteiger partial charge on any atom is -0.497 e. The van der Waals surface area contributed by atoms with Gasteiger partial charge in [-0.1, -0.05) is 62.4 Å². The molecule has 0 atom stereocenters. The summed E-state index contributed by atoms with van der Waals surface area (Å²) in [4.78, 5) is 1.09. The van der Waals surface area contributed by atoms with E-state index in [1.807, 2.05) is 6.08 Å². The average molecular weight is 415 g/mol. The summed E-state index contributed by atoms with van der Waals surface area (Å²) < 4.78 is 11.3. The van der Waals surface area contributed by atoms with Crippen LogP contribution in [0.2, 0.25) is 0 Å². The van der Waals surface area contributed by atoms with Crippen LogP contribution in [0.1, 0.15) is 30.5 Å². The van der Waals surface area contributed by atoms with Crippen LogP contribution in [0.25, 0.3) is 27.2 Å². The molecule has 3 aromatic carbocycles. The third-order valence-electron chi connectivity index (χ3n) is 5.46. The standard InChI is InChI=1S/C27H26O2S/c1-4-19-8-12-21(13-9-19)24-17-23(28-3)18-25(22-14-10-20(5-2)11-15-22)27(24)26-7-6-16-29-30-26/h6-18H,4-5H2,1-3H3. The molecule has 0 amide bonds. The fourth-order valence-electron chi connectivity index (χ4n) is 3.69. The lowest BCUT2D eigenvalue weighted by Crippen LogP contribution is -1.97. The Morgan fingerprint density at radius 3 is 1.73 bits per heavy atom. The monoisotopic (exact) mass is 414 g/mol. The maximum absolute atomic E-state index is 5.70. The van der Waals surface area contributed by atoms with Crippen LogP contribution in [0.4, 0.5) is 0 Å². The lowest BCUT2D eigenvalue weighted by molar-refractivity contribution is 0.415. The molecule has 0 radical (unpaired) electrons. The van der Waals surface area contributed by atoms with Crippen LogP contribution in [0, 0.1) is 0 Å². The van der Waals surface area contributed by atoms with E-state index >= 15 is 0 Å². The lowest BCUT2D eigenvalue weighted by Gasteiger charge is -2.20. The first-order valence-electron chi connectivity index (χ1n) is 10.3. The zero-order valence-electron chi connectivity index (χ0n) is 17.6. The van der Waals surface area contributed by atoms with Crippen molar-refractivity contribution in [3.05, 3.63) is 95.8 Å². The number of methoxy groups -OCH3 is 1. The molecule has 30 heavy (non-hydrogen) atoms. The average Bonchev–Trinajstić information content (AvgIpc) is 2.84. The summed E-state index contributed by atoms with van der Waals surface area (Å²) >= 11 is 1.40. The molecule has 0 fully saturated rings. The highest BCUT2D eigenvalue weighted by Gasteiger charge is 2.20. The Hall–Kier alpha value is -2.91. The summed E-state index contributed by atoms with van der Waals surface area (Å²) in [5.41, 5.74) is 8.45. The normalized spacial score (nSPS) is 13.0. The summed E-state index contributed by atoms with van der Waals surface area (Å²) in [7, 11) is 1.73. The number of rotatable bonds is 6. The van der Waals surface area contributed by atoms with Crippen molar-refractivity contribution < 1.29 is 8.92 Å². The molecule has 0 bridgehead atoms. The molecular weight excluding hydrogens is 388 g/mol. The Morgan fingerprint density at radius 1 is 0.800 bits per heavy atom. The van der Waals surface area contributed by atoms with Crippen LogP contribution in [0.5, 0.6) is 5.75 Å². The quantitative estimate of drug-likeness (QED) is 0.385. The van der Waals surface area contributed by atoms with E-state index in [9.17, 15) is 0 Å². The second-order valence-electron chi connectivity index (χ2n) is 7.24. The van der Waals surface area contributed by atoms with Crippen LogP contribution < -0.4 is 4.74 Å². The van der Waals surface area contributed by atoms with Gasteiger partial charge in [0.15, 0.2) is 0 Å². The van der Waals surface area contributed by atoms with Gasteiger partial charge in [0.2, 0.25) is 0 Å². The molecule has 1 heterocycles. The molecule has 2 nitrogen and oxygen atoms in total. The van der Waals surface area contributed by atoms with E-state index in [1.165, 1.54) is 39.9 Å². The van der Waals surface area contributed by atoms with Crippen molar-refractivity contribution in [3.8, 4) is 28.0 Å². The zero-order chi connectivity index (χ0) is 20.9. The van der Waals surface area contributed by atoms with E-state index in [-0.39, 0.29) is 0 Å². The first kappa shape index (κ1) is 20.4. The number of ether oxygens (including phenoxy) is 1. The van der Waals surface area contributed by atoms with Gasteiger partial charge in [-0.25, -0.2) is 0 Å². The van der Waals surface area contributed by atoms with Crippen molar-refractivity contribution >= 4 is 16.9 Å². The molecule has 1 aliphatic heterocycles. The van der Waals surface area contributed by atoms with Gasteiger partial charge in [0, 0.05) is 5.56 Å². The van der Waals surface area contributed by atoms with Crippen molar-refractivity contribution in [3.63, 3.8) is 0 Å². The topological polar surface area (TPSA) is 18.5 Å². The number of benzene rings is 3. The molecule has 4 rings (SSSR count). The largest absolute Gasteiger partial charge is 0.497 e. The van der Waals surface area contributed by atoms with Gasteiger partial charge in [-0.05, 0) is 70.5 Å². The highest BCUT2D eigenvalue weighted by molar-refractivity contribution is 8.04. The van der Waals surface area contributed by atoms with E-state index < -0.39 is 0 Å². The number of aryl methyl sites for hydroxylation is 2. The van der Waals surface area contributed by atoms with Crippen LogP contribution in [-0.2, 0) is 17.0 Å². The van der Waals surface area contributed by atoms with E-state index in [2.05, 4.69) is 80.6 Å². The Bertz CT molecular complexity index is 1010. The van der Waals surface area contributed by atoms with E-state index in [1.54, 1.807) is 13.4 Å². The summed E-state index contributed by atoms with van der Waals surface area (Å²) in [6.07, 6.45) is 7.83. The minimum atomic E-state index is 0.848. The van der Waals surface area contributed by atoms with Crippen LogP contribution >= 0.6 is 12.0 Å². The summed E-state index contributed by atoms with van der Waals surface area (Å²) in [6.45, 7) is 4.36. The van der Waals surface area contributed by atoms with Gasteiger partial charge in [0.25, 0.3) is 0 Å². The summed E-state index contributed by atoms with van der Waals surface area (Å²) in [6, 6.07) is 21.9. The molecular formula is C27H26O2S. The number of allylic oxidation sites excluding steroid dienone is 2. The molecule has 3 aromatic rings. The van der Waals surface area contributed by atoms with Gasteiger partial charge in [-0.2, -0.15) is 0 Å². The van der Waals surface area contributed by atoms with Gasteiger partial charge in [-0.3, -0.25) is 0 Å². The molecule has 0 unspecified atom stereocenters. The van der Waals surface area contributed by atoms with Crippen molar-refractivity contribution in [2.24, 2.45) is 0 Å². The summed E-state index contributed by atoms with van der Waals surface area (Å²) in [5, 5.41) is 0.